The molecule has 3 amide bonds. The van der Waals surface area contributed by atoms with Crippen LogP contribution in [0.4, 0.5) is 18.0 Å². The number of hydrogen-bond donors (Lipinski definition) is 1. The fourth-order valence-electron chi connectivity index (χ4n) is 4.17. The van der Waals surface area contributed by atoms with Crippen molar-refractivity contribution in [1.29, 1.82) is 0 Å². The van der Waals surface area contributed by atoms with Gasteiger partial charge in [0.2, 0.25) is 0 Å². The molecule has 0 radical (unpaired) electrons. The van der Waals surface area contributed by atoms with E-state index in [9.17, 15) is 22.8 Å². The highest BCUT2D eigenvalue weighted by molar-refractivity contribution is 5.98. The molecule has 0 aliphatic carbocycles. The maximum atomic E-state index is 14.4. The number of hydrogen-bond acceptors (Lipinski definition) is 6. The van der Waals surface area contributed by atoms with Gasteiger partial charge in [-0.15, -0.1) is 0 Å². The summed E-state index contributed by atoms with van der Waals surface area (Å²) in [4.78, 5) is 30.2. The Hall–Kier alpha value is -4.42. The SMILES string of the molecule is Cn1ncc(C(N)=O)c1-c1ccc(F)c(OC2CN(C(=O)N3N=CCC3c3cc(F)cc(F)c3)C2)n1. The largest absolute Gasteiger partial charge is 0.468 e. The molecular formula is C23H20F3N7O3. The summed E-state index contributed by atoms with van der Waals surface area (Å²) in [6.07, 6.45) is 2.56. The van der Waals surface area contributed by atoms with Gasteiger partial charge in [-0.25, -0.2) is 28.0 Å². The van der Waals surface area contributed by atoms with Crippen molar-refractivity contribution < 1.29 is 27.5 Å². The second kappa shape index (κ2) is 8.98. The lowest BCUT2D eigenvalue weighted by atomic mass is 10.0. The van der Waals surface area contributed by atoms with Crippen LogP contribution in [0, 0.1) is 17.5 Å². The molecule has 4 heterocycles. The van der Waals surface area contributed by atoms with Crippen LogP contribution in [0.2, 0.25) is 0 Å². The highest BCUT2D eigenvalue weighted by atomic mass is 19.1. The number of rotatable bonds is 5. The quantitative estimate of drug-likeness (QED) is 0.579. The van der Waals surface area contributed by atoms with Gasteiger partial charge < -0.3 is 15.4 Å². The summed E-state index contributed by atoms with van der Waals surface area (Å²) in [5, 5.41) is 9.23. The number of amides is 3. The lowest BCUT2D eigenvalue weighted by Gasteiger charge is -2.40. The van der Waals surface area contributed by atoms with E-state index in [2.05, 4.69) is 15.2 Å². The number of aromatic nitrogens is 3. The Labute approximate surface area is 202 Å². The number of nitrogens with zero attached hydrogens (tertiary/aromatic N) is 6. The van der Waals surface area contributed by atoms with Crippen molar-refractivity contribution in [3.63, 3.8) is 0 Å². The van der Waals surface area contributed by atoms with Gasteiger partial charge in [-0.3, -0.25) is 9.48 Å². The molecule has 2 aliphatic rings. The fourth-order valence-corrected chi connectivity index (χ4v) is 4.17. The maximum Gasteiger partial charge on any atom is 0.341 e. The zero-order valence-corrected chi connectivity index (χ0v) is 18.9. The number of halogens is 3. The predicted molar refractivity (Wildman–Crippen MR) is 120 cm³/mol. The standard InChI is InChI=1S/C23H20F3N7O3/c1-31-20(16(9-29-31)21(27)34)18-3-2-17(26)22(30-18)36-15-10-32(11-15)23(35)33-19(4-5-28-33)12-6-13(24)8-14(25)7-12/h2-3,5-9,15,19H,4,10-11H2,1H3,(H2,27,34). The molecule has 0 spiro atoms. The smallest absolute Gasteiger partial charge is 0.341 e. The first kappa shape index (κ1) is 23.3. The molecule has 13 heteroatoms. The van der Waals surface area contributed by atoms with Gasteiger partial charge in [0.15, 0.2) is 5.82 Å². The monoisotopic (exact) mass is 499 g/mol. The van der Waals surface area contributed by atoms with Crippen molar-refractivity contribution in [3.8, 4) is 17.3 Å². The summed E-state index contributed by atoms with van der Waals surface area (Å²) in [6.45, 7) is 0.247. The van der Waals surface area contributed by atoms with E-state index in [-0.39, 0.29) is 30.2 Å². The van der Waals surface area contributed by atoms with E-state index in [1.54, 1.807) is 7.05 Å². The molecule has 186 valence electrons. The number of pyridine rings is 1. The van der Waals surface area contributed by atoms with Gasteiger partial charge in [0.05, 0.1) is 42.3 Å². The average molecular weight is 499 g/mol. The number of primary amides is 1. The van der Waals surface area contributed by atoms with Crippen LogP contribution in [-0.4, -0.2) is 62.0 Å². The summed E-state index contributed by atoms with van der Waals surface area (Å²) in [5.41, 5.74) is 6.36. The first-order chi connectivity index (χ1) is 17.2. The van der Waals surface area contributed by atoms with Crippen LogP contribution in [0.3, 0.4) is 0 Å². The second-order valence-corrected chi connectivity index (χ2v) is 8.40. The Morgan fingerprint density at radius 1 is 1.11 bits per heavy atom. The zero-order valence-electron chi connectivity index (χ0n) is 18.9. The molecule has 1 atom stereocenters. The molecule has 5 rings (SSSR count). The first-order valence-corrected chi connectivity index (χ1v) is 10.9. The van der Waals surface area contributed by atoms with E-state index >= 15 is 0 Å². The average Bonchev–Trinajstić information content (AvgIpc) is 3.43. The number of aryl methyl sites for hydroxylation is 1. The molecule has 1 saturated heterocycles. The minimum absolute atomic E-state index is 0.124. The van der Waals surface area contributed by atoms with Crippen molar-refractivity contribution in [2.45, 2.75) is 18.6 Å². The number of carbonyl (C=O) groups excluding carboxylic acids is 2. The van der Waals surface area contributed by atoms with Gasteiger partial charge in [-0.05, 0) is 29.8 Å². The number of likely N-dealkylation sites (tertiary alicyclic amines) is 1. The van der Waals surface area contributed by atoms with E-state index in [1.807, 2.05) is 0 Å². The molecule has 1 aromatic carbocycles. The van der Waals surface area contributed by atoms with Crippen LogP contribution >= 0.6 is 0 Å². The van der Waals surface area contributed by atoms with Gasteiger partial charge >= 0.3 is 6.03 Å². The molecule has 1 fully saturated rings. The fraction of sp³-hybridized carbons (Fsp3) is 0.261. The molecule has 36 heavy (non-hydrogen) atoms. The summed E-state index contributed by atoms with van der Waals surface area (Å²) < 4.78 is 48.8. The Bertz CT molecular complexity index is 1370. The van der Waals surface area contributed by atoms with Crippen molar-refractivity contribution in [3.05, 3.63) is 65.1 Å². The molecule has 2 aromatic heterocycles. The maximum absolute atomic E-state index is 14.4. The molecule has 2 N–H and O–H groups in total. The molecule has 3 aromatic rings. The number of urea groups is 1. The highest BCUT2D eigenvalue weighted by Crippen LogP contribution is 2.32. The van der Waals surface area contributed by atoms with E-state index in [4.69, 9.17) is 10.5 Å². The molecule has 2 aliphatic heterocycles. The lowest BCUT2D eigenvalue weighted by molar-refractivity contribution is 0.0231. The van der Waals surface area contributed by atoms with E-state index in [0.717, 1.165) is 29.3 Å². The first-order valence-electron chi connectivity index (χ1n) is 10.9. The number of benzene rings is 1. The van der Waals surface area contributed by atoms with Crippen LogP contribution in [0.5, 0.6) is 5.88 Å². The molecule has 0 saturated carbocycles. The van der Waals surface area contributed by atoms with Crippen LogP contribution in [-0.2, 0) is 7.05 Å². The third kappa shape index (κ3) is 4.23. The summed E-state index contributed by atoms with van der Waals surface area (Å²) in [7, 11) is 1.59. The topological polar surface area (TPSA) is 119 Å². The Morgan fingerprint density at radius 2 is 1.83 bits per heavy atom. The highest BCUT2D eigenvalue weighted by Gasteiger charge is 2.39. The summed E-state index contributed by atoms with van der Waals surface area (Å²) >= 11 is 0. The Balaban J connectivity index is 1.26. The lowest BCUT2D eigenvalue weighted by Crippen LogP contribution is -2.59. The van der Waals surface area contributed by atoms with Gasteiger partial charge in [0.1, 0.15) is 17.7 Å². The predicted octanol–water partition coefficient (Wildman–Crippen LogP) is 2.61. The second-order valence-electron chi connectivity index (χ2n) is 8.40. The summed E-state index contributed by atoms with van der Waals surface area (Å²) in [6, 6.07) is 4.50. The van der Waals surface area contributed by atoms with E-state index in [0.29, 0.717) is 17.7 Å². The molecule has 10 nitrogen and oxygen atoms in total. The van der Waals surface area contributed by atoms with Gasteiger partial charge in [0, 0.05) is 25.7 Å². The minimum Gasteiger partial charge on any atom is -0.468 e. The third-order valence-corrected chi connectivity index (χ3v) is 5.95. The van der Waals surface area contributed by atoms with Gasteiger partial charge in [-0.2, -0.15) is 10.2 Å². The van der Waals surface area contributed by atoms with E-state index in [1.165, 1.54) is 28.1 Å². The van der Waals surface area contributed by atoms with Crippen molar-refractivity contribution in [2.75, 3.05) is 13.1 Å². The molecule has 1 unspecified atom stereocenters. The minimum atomic E-state index is -0.743. The Morgan fingerprint density at radius 3 is 2.53 bits per heavy atom. The molecular weight excluding hydrogens is 479 g/mol. The number of hydrazone groups is 1. The van der Waals surface area contributed by atoms with Gasteiger partial charge in [-0.1, -0.05) is 0 Å². The van der Waals surface area contributed by atoms with Crippen molar-refractivity contribution in [2.24, 2.45) is 17.9 Å². The summed E-state index contributed by atoms with van der Waals surface area (Å²) in [5.74, 6) is -3.21. The van der Waals surface area contributed by atoms with E-state index < -0.39 is 41.5 Å². The van der Waals surface area contributed by atoms with Gasteiger partial charge in [0.25, 0.3) is 11.8 Å². The third-order valence-electron chi connectivity index (χ3n) is 5.95. The number of carbonyl (C=O) groups is 2. The van der Waals surface area contributed by atoms with Crippen LogP contribution < -0.4 is 10.5 Å². The number of nitrogens with two attached hydrogens (primary N) is 1. The number of ether oxygens (including phenoxy) is 1. The van der Waals surface area contributed by atoms with Crippen molar-refractivity contribution in [1.82, 2.24) is 24.7 Å². The van der Waals surface area contributed by atoms with Crippen molar-refractivity contribution >= 4 is 18.2 Å². The van der Waals surface area contributed by atoms with Crippen LogP contribution in [0.15, 0.2) is 41.6 Å². The normalized spacial score (nSPS) is 17.4. The van der Waals surface area contributed by atoms with Crippen LogP contribution in [0.1, 0.15) is 28.4 Å². The van der Waals surface area contributed by atoms with Crippen LogP contribution in [0.25, 0.3) is 11.4 Å². The molecule has 0 bridgehead atoms. The zero-order chi connectivity index (χ0) is 25.6. The Kier molecular flexibility index (Phi) is 5.82.